The van der Waals surface area contributed by atoms with Gasteiger partial charge in [0.2, 0.25) is 0 Å². The molecule has 3 saturated heterocycles. The van der Waals surface area contributed by atoms with Gasteiger partial charge >= 0.3 is 0 Å². The molecule has 1 aromatic rings. The molecule has 1 aromatic heterocycles. The van der Waals surface area contributed by atoms with Crippen LogP contribution in [0.5, 0.6) is 0 Å². The molecular weight excluding hydrogens is 276 g/mol. The standard InChI is InChI=1S/C17H24N4O/c22-17(20-14-10-12-5-6-13(11-14)19-12)15-4-3-7-18-16(15)21-8-1-2-9-21/h3-4,7,12-14,19H,1-2,5-6,8-11H2,(H,20,22). The molecule has 4 rings (SSSR count). The minimum Gasteiger partial charge on any atom is -0.356 e. The molecule has 0 saturated carbocycles. The molecule has 2 atom stereocenters. The van der Waals surface area contributed by atoms with E-state index in [-0.39, 0.29) is 5.91 Å². The van der Waals surface area contributed by atoms with Gasteiger partial charge in [-0.2, -0.15) is 0 Å². The Balaban J connectivity index is 1.48. The minimum atomic E-state index is 0.0429. The lowest BCUT2D eigenvalue weighted by Gasteiger charge is -2.30. The van der Waals surface area contributed by atoms with E-state index in [1.807, 2.05) is 12.1 Å². The first kappa shape index (κ1) is 14.0. The quantitative estimate of drug-likeness (QED) is 0.892. The van der Waals surface area contributed by atoms with Crippen LogP contribution < -0.4 is 15.5 Å². The molecule has 0 radical (unpaired) electrons. The van der Waals surface area contributed by atoms with Crippen LogP contribution in [-0.4, -0.2) is 42.1 Å². The number of anilines is 1. The molecule has 2 N–H and O–H groups in total. The van der Waals surface area contributed by atoms with Crippen molar-refractivity contribution in [3.63, 3.8) is 0 Å². The Morgan fingerprint density at radius 2 is 1.95 bits per heavy atom. The van der Waals surface area contributed by atoms with Crippen molar-refractivity contribution < 1.29 is 4.79 Å². The summed E-state index contributed by atoms with van der Waals surface area (Å²) in [5.41, 5.74) is 0.732. The highest BCUT2D eigenvalue weighted by molar-refractivity contribution is 5.99. The van der Waals surface area contributed by atoms with Crippen molar-refractivity contribution in [1.29, 1.82) is 0 Å². The fourth-order valence-corrected chi connectivity index (χ4v) is 4.19. The van der Waals surface area contributed by atoms with Gasteiger partial charge in [-0.25, -0.2) is 4.98 Å². The summed E-state index contributed by atoms with van der Waals surface area (Å²) in [7, 11) is 0. The molecule has 0 spiro atoms. The zero-order valence-corrected chi connectivity index (χ0v) is 12.9. The number of piperidine rings is 1. The van der Waals surface area contributed by atoms with E-state index in [2.05, 4.69) is 20.5 Å². The van der Waals surface area contributed by atoms with Gasteiger partial charge in [0.1, 0.15) is 5.82 Å². The number of rotatable bonds is 3. The zero-order valence-electron chi connectivity index (χ0n) is 12.9. The van der Waals surface area contributed by atoms with Crippen LogP contribution in [0, 0.1) is 0 Å². The van der Waals surface area contributed by atoms with Crippen molar-refractivity contribution in [2.24, 2.45) is 0 Å². The number of amides is 1. The van der Waals surface area contributed by atoms with Crippen molar-refractivity contribution >= 4 is 11.7 Å². The highest BCUT2D eigenvalue weighted by Crippen LogP contribution is 2.27. The first-order chi connectivity index (χ1) is 10.8. The van der Waals surface area contributed by atoms with Crippen LogP contribution in [-0.2, 0) is 0 Å². The number of fused-ring (bicyclic) bond motifs is 2. The molecule has 2 bridgehead atoms. The van der Waals surface area contributed by atoms with E-state index in [0.717, 1.165) is 37.3 Å². The predicted molar refractivity (Wildman–Crippen MR) is 86.1 cm³/mol. The lowest BCUT2D eigenvalue weighted by Crippen LogP contribution is -2.48. The highest BCUT2D eigenvalue weighted by Gasteiger charge is 2.34. The van der Waals surface area contributed by atoms with Crippen LogP contribution in [0.1, 0.15) is 48.9 Å². The van der Waals surface area contributed by atoms with E-state index >= 15 is 0 Å². The SMILES string of the molecule is O=C(NC1CC2CCC(C1)N2)c1cccnc1N1CCCC1. The molecule has 118 valence electrons. The van der Waals surface area contributed by atoms with E-state index in [9.17, 15) is 4.79 Å². The summed E-state index contributed by atoms with van der Waals surface area (Å²) in [5.74, 6) is 0.899. The van der Waals surface area contributed by atoms with Gasteiger partial charge in [0.05, 0.1) is 5.56 Å². The van der Waals surface area contributed by atoms with Gasteiger partial charge in [0.25, 0.3) is 5.91 Å². The van der Waals surface area contributed by atoms with E-state index in [1.165, 1.54) is 25.7 Å². The fraction of sp³-hybridized carbons (Fsp3) is 0.647. The Kier molecular flexibility index (Phi) is 3.74. The number of nitrogens with one attached hydrogen (secondary N) is 2. The molecule has 5 heteroatoms. The Hall–Kier alpha value is -1.62. The second-order valence-corrected chi connectivity index (χ2v) is 6.85. The highest BCUT2D eigenvalue weighted by atomic mass is 16.1. The second-order valence-electron chi connectivity index (χ2n) is 6.85. The number of pyridine rings is 1. The molecule has 3 aliphatic heterocycles. The summed E-state index contributed by atoms with van der Waals surface area (Å²) in [6.45, 7) is 2.02. The van der Waals surface area contributed by atoms with Crippen LogP contribution in [0.3, 0.4) is 0 Å². The first-order valence-electron chi connectivity index (χ1n) is 8.56. The second kappa shape index (κ2) is 5.88. The molecular formula is C17H24N4O. The number of carbonyl (C=O) groups excluding carboxylic acids is 1. The van der Waals surface area contributed by atoms with Crippen LogP contribution in [0.25, 0.3) is 0 Å². The normalized spacial score (nSPS) is 30.5. The maximum atomic E-state index is 12.7. The molecule has 22 heavy (non-hydrogen) atoms. The lowest BCUT2D eigenvalue weighted by molar-refractivity contribution is 0.0924. The Labute approximate surface area is 131 Å². The van der Waals surface area contributed by atoms with Crippen LogP contribution >= 0.6 is 0 Å². The maximum absolute atomic E-state index is 12.7. The van der Waals surface area contributed by atoms with E-state index in [4.69, 9.17) is 0 Å². The number of hydrogen-bond donors (Lipinski definition) is 2. The fourth-order valence-electron chi connectivity index (χ4n) is 4.19. The molecule has 2 unspecified atom stereocenters. The molecule has 3 aliphatic rings. The van der Waals surface area contributed by atoms with Crippen molar-refractivity contribution in [3.8, 4) is 0 Å². The van der Waals surface area contributed by atoms with Gasteiger partial charge in [-0.1, -0.05) is 0 Å². The van der Waals surface area contributed by atoms with Crippen LogP contribution in [0.4, 0.5) is 5.82 Å². The summed E-state index contributed by atoms with van der Waals surface area (Å²) in [6.07, 6.45) is 8.79. The summed E-state index contributed by atoms with van der Waals surface area (Å²) in [6, 6.07) is 5.26. The monoisotopic (exact) mass is 300 g/mol. The lowest BCUT2D eigenvalue weighted by atomic mass is 9.99. The minimum absolute atomic E-state index is 0.0429. The molecule has 4 heterocycles. The Morgan fingerprint density at radius 1 is 1.23 bits per heavy atom. The molecule has 0 aliphatic carbocycles. The summed E-state index contributed by atoms with van der Waals surface area (Å²) in [5, 5.41) is 6.87. The molecule has 3 fully saturated rings. The molecule has 1 amide bonds. The van der Waals surface area contributed by atoms with Crippen molar-refractivity contribution in [3.05, 3.63) is 23.9 Å². The Bertz CT molecular complexity index is 543. The summed E-state index contributed by atoms with van der Waals surface area (Å²) < 4.78 is 0. The van der Waals surface area contributed by atoms with Gasteiger partial charge < -0.3 is 15.5 Å². The topological polar surface area (TPSA) is 57.3 Å². The average Bonchev–Trinajstić information content (AvgIpc) is 3.17. The Morgan fingerprint density at radius 3 is 2.68 bits per heavy atom. The van der Waals surface area contributed by atoms with Gasteiger partial charge in [-0.15, -0.1) is 0 Å². The van der Waals surface area contributed by atoms with Gasteiger partial charge in [0, 0.05) is 37.4 Å². The summed E-state index contributed by atoms with van der Waals surface area (Å²) in [4.78, 5) is 19.4. The molecule has 5 nitrogen and oxygen atoms in total. The van der Waals surface area contributed by atoms with E-state index in [0.29, 0.717) is 18.1 Å². The van der Waals surface area contributed by atoms with Crippen LogP contribution in [0.15, 0.2) is 18.3 Å². The van der Waals surface area contributed by atoms with Gasteiger partial charge in [-0.3, -0.25) is 4.79 Å². The van der Waals surface area contributed by atoms with E-state index < -0.39 is 0 Å². The van der Waals surface area contributed by atoms with Gasteiger partial charge in [0.15, 0.2) is 0 Å². The van der Waals surface area contributed by atoms with Gasteiger partial charge in [-0.05, 0) is 50.7 Å². The maximum Gasteiger partial charge on any atom is 0.255 e. The number of aromatic nitrogens is 1. The van der Waals surface area contributed by atoms with Crippen LogP contribution in [0.2, 0.25) is 0 Å². The zero-order chi connectivity index (χ0) is 14.9. The van der Waals surface area contributed by atoms with Crippen molar-refractivity contribution in [2.45, 2.75) is 56.7 Å². The third kappa shape index (κ3) is 2.70. The largest absolute Gasteiger partial charge is 0.356 e. The third-order valence-corrected chi connectivity index (χ3v) is 5.25. The number of carbonyl (C=O) groups is 1. The van der Waals surface area contributed by atoms with Crippen molar-refractivity contribution in [1.82, 2.24) is 15.6 Å². The first-order valence-corrected chi connectivity index (χ1v) is 8.56. The van der Waals surface area contributed by atoms with E-state index in [1.54, 1.807) is 6.20 Å². The molecule has 0 aromatic carbocycles. The smallest absolute Gasteiger partial charge is 0.255 e. The number of nitrogens with zero attached hydrogens (tertiary/aromatic N) is 2. The summed E-state index contributed by atoms with van der Waals surface area (Å²) >= 11 is 0. The third-order valence-electron chi connectivity index (χ3n) is 5.25. The predicted octanol–water partition coefficient (Wildman–Crippen LogP) is 1.69. The van der Waals surface area contributed by atoms with Crippen molar-refractivity contribution in [2.75, 3.05) is 18.0 Å². The average molecular weight is 300 g/mol. The number of hydrogen-bond acceptors (Lipinski definition) is 4.